The lowest BCUT2D eigenvalue weighted by Crippen LogP contribution is -3.28. The molecule has 0 amide bonds. The van der Waals surface area contributed by atoms with Crippen LogP contribution < -0.4 is 14.5 Å². The molecule has 1 heterocycles. The smallest absolute Gasteiger partial charge is 0.130 e. The normalized spacial score (nSPS) is 20.8. The molecule has 4 heteroatoms. The number of ether oxygens (including phenoxy) is 1. The van der Waals surface area contributed by atoms with Gasteiger partial charge in [-0.3, -0.25) is 0 Å². The van der Waals surface area contributed by atoms with E-state index in [1.807, 2.05) is 12.1 Å². The Hall–Kier alpha value is -1.39. The number of Topliss-reactive ketones (excluding diaryl/α,β-unsaturated/α-hetero) is 1. The molecule has 0 bridgehead atoms. The van der Waals surface area contributed by atoms with Crippen LogP contribution in [0, 0.1) is 0 Å². The van der Waals surface area contributed by atoms with Crippen LogP contribution in [0.5, 0.6) is 5.75 Å². The van der Waals surface area contributed by atoms with Gasteiger partial charge in [0.05, 0.1) is 19.7 Å². The van der Waals surface area contributed by atoms with Gasteiger partial charge in [0.15, 0.2) is 0 Å². The van der Waals surface area contributed by atoms with Crippen LogP contribution in [0.15, 0.2) is 24.3 Å². The fourth-order valence-corrected chi connectivity index (χ4v) is 3.30. The molecule has 1 aromatic carbocycles. The van der Waals surface area contributed by atoms with Gasteiger partial charge in [-0.1, -0.05) is 12.1 Å². The summed E-state index contributed by atoms with van der Waals surface area (Å²) in [6.07, 6.45) is 3.81. The van der Waals surface area contributed by atoms with Gasteiger partial charge in [0, 0.05) is 6.42 Å². The number of unbranched alkanes of at least 4 members (excludes halogenated alkanes) is 1. The molecule has 0 aromatic heterocycles. The molecule has 0 spiro atoms. The van der Waals surface area contributed by atoms with Gasteiger partial charge < -0.3 is 19.3 Å². The SMILES string of the molecule is CC[NH+]1CC[NH+](CCCCOc2ccc(CCC(C)=O)cc2)CC1. The van der Waals surface area contributed by atoms with E-state index >= 15 is 0 Å². The Morgan fingerprint density at radius 2 is 1.71 bits per heavy atom. The Morgan fingerprint density at radius 1 is 1.04 bits per heavy atom. The first kappa shape index (κ1) is 18.9. The maximum absolute atomic E-state index is 11.0. The van der Waals surface area contributed by atoms with Crippen LogP contribution in [0.1, 0.15) is 38.7 Å². The van der Waals surface area contributed by atoms with E-state index in [1.54, 1.807) is 16.7 Å². The molecule has 1 aromatic rings. The number of aryl methyl sites for hydroxylation is 1. The van der Waals surface area contributed by atoms with Crippen molar-refractivity contribution in [3.8, 4) is 5.75 Å². The monoisotopic (exact) mass is 334 g/mol. The van der Waals surface area contributed by atoms with Gasteiger partial charge in [0.2, 0.25) is 0 Å². The third-order valence-corrected chi connectivity index (χ3v) is 5.05. The van der Waals surface area contributed by atoms with Crippen molar-refractivity contribution in [2.45, 2.75) is 39.5 Å². The van der Waals surface area contributed by atoms with Crippen LogP contribution in [0.3, 0.4) is 0 Å². The average molecular weight is 335 g/mol. The third-order valence-electron chi connectivity index (χ3n) is 5.05. The predicted octanol–water partition coefficient (Wildman–Crippen LogP) is 0.171. The maximum Gasteiger partial charge on any atom is 0.130 e. The number of hydrogen-bond acceptors (Lipinski definition) is 2. The van der Waals surface area contributed by atoms with Gasteiger partial charge in [-0.05, 0) is 50.8 Å². The highest BCUT2D eigenvalue weighted by Crippen LogP contribution is 2.13. The van der Waals surface area contributed by atoms with E-state index in [-0.39, 0.29) is 5.78 Å². The van der Waals surface area contributed by atoms with E-state index in [0.717, 1.165) is 25.2 Å². The van der Waals surface area contributed by atoms with Gasteiger partial charge >= 0.3 is 0 Å². The van der Waals surface area contributed by atoms with Gasteiger partial charge in [-0.25, -0.2) is 0 Å². The van der Waals surface area contributed by atoms with Crippen molar-refractivity contribution in [1.29, 1.82) is 0 Å². The molecule has 0 saturated carbocycles. The molecule has 24 heavy (non-hydrogen) atoms. The van der Waals surface area contributed by atoms with E-state index in [0.29, 0.717) is 6.42 Å². The largest absolute Gasteiger partial charge is 0.494 e. The summed E-state index contributed by atoms with van der Waals surface area (Å²) in [6.45, 7) is 12.6. The van der Waals surface area contributed by atoms with Crippen LogP contribution in [0.25, 0.3) is 0 Å². The topological polar surface area (TPSA) is 35.2 Å². The lowest BCUT2D eigenvalue weighted by Gasteiger charge is -2.28. The zero-order chi connectivity index (χ0) is 17.2. The van der Waals surface area contributed by atoms with Crippen LogP contribution >= 0.6 is 0 Å². The summed E-state index contributed by atoms with van der Waals surface area (Å²) in [5, 5.41) is 0. The highest BCUT2D eigenvalue weighted by atomic mass is 16.5. The fraction of sp³-hybridized carbons (Fsp3) is 0.650. The minimum absolute atomic E-state index is 0.245. The van der Waals surface area contributed by atoms with Gasteiger partial charge in [-0.2, -0.15) is 0 Å². The predicted molar refractivity (Wildman–Crippen MR) is 97.0 cm³/mol. The summed E-state index contributed by atoms with van der Waals surface area (Å²) in [4.78, 5) is 14.5. The minimum Gasteiger partial charge on any atom is -0.494 e. The van der Waals surface area contributed by atoms with E-state index in [4.69, 9.17) is 4.74 Å². The van der Waals surface area contributed by atoms with E-state index in [9.17, 15) is 4.79 Å². The Labute approximate surface area is 146 Å². The average Bonchev–Trinajstić information content (AvgIpc) is 2.61. The first-order chi connectivity index (χ1) is 11.7. The zero-order valence-corrected chi connectivity index (χ0v) is 15.4. The highest BCUT2D eigenvalue weighted by Gasteiger charge is 2.20. The fourth-order valence-electron chi connectivity index (χ4n) is 3.30. The lowest BCUT2D eigenvalue weighted by atomic mass is 10.1. The molecule has 4 nitrogen and oxygen atoms in total. The Kier molecular flexibility index (Phi) is 8.26. The molecule has 1 aliphatic rings. The number of benzene rings is 1. The number of rotatable bonds is 10. The molecule has 0 atom stereocenters. The Morgan fingerprint density at radius 3 is 2.33 bits per heavy atom. The standard InChI is InChI=1S/C20H32N2O2/c1-3-21-13-15-22(16-14-21)12-4-5-17-24-20-10-8-19(9-11-20)7-6-18(2)23/h8-11H,3-7,12-17H2,1-2H3/p+2. The molecule has 0 radical (unpaired) electrons. The van der Waals surface area contributed by atoms with Crippen molar-refractivity contribution in [2.75, 3.05) is 45.9 Å². The number of hydrogen-bond donors (Lipinski definition) is 2. The molecule has 0 unspecified atom stereocenters. The number of likely N-dealkylation sites (N-methyl/N-ethyl adjacent to an activating group) is 1. The van der Waals surface area contributed by atoms with Gasteiger partial charge in [0.1, 0.15) is 37.7 Å². The Bertz CT molecular complexity index is 479. The van der Waals surface area contributed by atoms with E-state index in [1.165, 1.54) is 51.3 Å². The van der Waals surface area contributed by atoms with Crippen LogP contribution in [0.2, 0.25) is 0 Å². The molecule has 2 rings (SSSR count). The molecule has 1 saturated heterocycles. The van der Waals surface area contributed by atoms with Crippen molar-refractivity contribution < 1.29 is 19.3 Å². The summed E-state index contributed by atoms with van der Waals surface area (Å²) in [5.74, 6) is 1.18. The second-order valence-corrected chi connectivity index (χ2v) is 7.01. The first-order valence-corrected chi connectivity index (χ1v) is 9.55. The van der Waals surface area contributed by atoms with Crippen molar-refractivity contribution in [1.82, 2.24) is 0 Å². The summed E-state index contributed by atoms with van der Waals surface area (Å²) in [6, 6.07) is 8.18. The molecule has 1 aliphatic heterocycles. The molecular formula is C20H34N2O2+2. The second kappa shape index (κ2) is 10.5. The highest BCUT2D eigenvalue weighted by molar-refractivity contribution is 5.75. The molecule has 134 valence electrons. The number of nitrogens with one attached hydrogen (secondary N) is 2. The Balaban J connectivity index is 1.55. The number of carbonyl (C=O) groups excluding carboxylic acids is 1. The van der Waals surface area contributed by atoms with Crippen LogP contribution in [0.4, 0.5) is 0 Å². The lowest BCUT2D eigenvalue weighted by molar-refractivity contribution is -1.01. The minimum atomic E-state index is 0.245. The summed E-state index contributed by atoms with van der Waals surface area (Å²) < 4.78 is 5.83. The van der Waals surface area contributed by atoms with Crippen molar-refractivity contribution in [3.63, 3.8) is 0 Å². The number of ketones is 1. The summed E-state index contributed by atoms with van der Waals surface area (Å²) >= 11 is 0. The molecule has 0 aliphatic carbocycles. The van der Waals surface area contributed by atoms with Gasteiger partial charge in [-0.15, -0.1) is 0 Å². The van der Waals surface area contributed by atoms with Gasteiger partial charge in [0.25, 0.3) is 0 Å². The summed E-state index contributed by atoms with van der Waals surface area (Å²) in [5.41, 5.74) is 1.20. The van der Waals surface area contributed by atoms with Crippen molar-refractivity contribution in [2.24, 2.45) is 0 Å². The van der Waals surface area contributed by atoms with Crippen LogP contribution in [-0.2, 0) is 11.2 Å². The molecular weight excluding hydrogens is 300 g/mol. The number of piperazine rings is 1. The number of carbonyl (C=O) groups is 1. The van der Waals surface area contributed by atoms with E-state index in [2.05, 4.69) is 19.1 Å². The third kappa shape index (κ3) is 7.02. The molecule has 2 N–H and O–H groups in total. The summed E-state index contributed by atoms with van der Waals surface area (Å²) in [7, 11) is 0. The number of quaternary nitrogens is 2. The van der Waals surface area contributed by atoms with E-state index < -0.39 is 0 Å². The maximum atomic E-state index is 11.0. The second-order valence-electron chi connectivity index (χ2n) is 7.01. The first-order valence-electron chi connectivity index (χ1n) is 9.55. The van der Waals surface area contributed by atoms with Crippen LogP contribution in [-0.4, -0.2) is 51.7 Å². The quantitative estimate of drug-likeness (QED) is 0.599. The zero-order valence-electron chi connectivity index (χ0n) is 15.4. The molecule has 1 fully saturated rings. The van der Waals surface area contributed by atoms with Crippen molar-refractivity contribution >= 4 is 5.78 Å². The van der Waals surface area contributed by atoms with Crippen molar-refractivity contribution in [3.05, 3.63) is 29.8 Å².